The molecule has 0 heteroatoms. The highest BCUT2D eigenvalue weighted by Gasteiger charge is 2.07. The summed E-state index contributed by atoms with van der Waals surface area (Å²) in [6.45, 7) is 8.00. The zero-order chi connectivity index (χ0) is 11.5. The third kappa shape index (κ3) is 5.01. The minimum absolute atomic E-state index is 1.26. The van der Waals surface area contributed by atoms with Gasteiger partial charge in [0.1, 0.15) is 0 Å². The predicted octanol–water partition coefficient (Wildman–Crippen LogP) is 5.43. The number of allylic oxidation sites excluding steroid dienone is 6. The Morgan fingerprint density at radius 1 is 0.800 bits per heavy atom. The number of rotatable bonds is 0. The Balaban J connectivity index is 0.000000442. The van der Waals surface area contributed by atoms with Gasteiger partial charge in [-0.15, -0.1) is 0 Å². The molecule has 0 N–H and O–H groups in total. The van der Waals surface area contributed by atoms with Crippen molar-refractivity contribution in [3.05, 3.63) is 35.5 Å². The average molecular weight is 206 g/mol. The molecule has 2 aliphatic carbocycles. The van der Waals surface area contributed by atoms with Gasteiger partial charge in [0.25, 0.3) is 0 Å². The van der Waals surface area contributed by atoms with E-state index in [0.717, 1.165) is 0 Å². The SMILES string of the molecule is C1=CC2=C(CCC=C2)CCC1.CC.CC. The zero-order valence-corrected chi connectivity index (χ0v) is 10.8. The first-order valence-corrected chi connectivity index (χ1v) is 6.52. The van der Waals surface area contributed by atoms with Crippen LogP contribution in [0.15, 0.2) is 35.5 Å². The van der Waals surface area contributed by atoms with E-state index in [0.29, 0.717) is 0 Å². The molecule has 86 valence electrons. The van der Waals surface area contributed by atoms with Gasteiger partial charge in [-0.3, -0.25) is 0 Å². The Kier molecular flexibility index (Phi) is 9.26. The Bertz CT molecular complexity index is 228. The summed E-state index contributed by atoms with van der Waals surface area (Å²) in [6, 6.07) is 0. The molecular formula is C15H26. The van der Waals surface area contributed by atoms with Crippen LogP contribution in [0.2, 0.25) is 0 Å². The smallest absolute Gasteiger partial charge is 0.0271 e. The zero-order valence-electron chi connectivity index (χ0n) is 10.8. The van der Waals surface area contributed by atoms with Crippen molar-refractivity contribution >= 4 is 0 Å². The molecule has 0 aromatic heterocycles. The van der Waals surface area contributed by atoms with Gasteiger partial charge in [-0.25, -0.2) is 0 Å². The summed E-state index contributed by atoms with van der Waals surface area (Å²) in [4.78, 5) is 0. The molecule has 0 atom stereocenters. The molecule has 0 amide bonds. The molecule has 2 rings (SSSR count). The van der Waals surface area contributed by atoms with E-state index in [1.54, 1.807) is 5.57 Å². The summed E-state index contributed by atoms with van der Waals surface area (Å²) in [5.41, 5.74) is 3.18. The van der Waals surface area contributed by atoms with Crippen molar-refractivity contribution in [2.24, 2.45) is 0 Å². The lowest BCUT2D eigenvalue weighted by Crippen LogP contribution is -1.91. The van der Waals surface area contributed by atoms with Crippen LogP contribution in [0.4, 0.5) is 0 Å². The third-order valence-corrected chi connectivity index (χ3v) is 2.47. The van der Waals surface area contributed by atoms with E-state index in [4.69, 9.17) is 0 Å². The second kappa shape index (κ2) is 9.76. The maximum atomic E-state index is 2.30. The lowest BCUT2D eigenvalue weighted by molar-refractivity contribution is 0.784. The van der Waals surface area contributed by atoms with Crippen molar-refractivity contribution in [3.8, 4) is 0 Å². The van der Waals surface area contributed by atoms with Crippen LogP contribution in [0.5, 0.6) is 0 Å². The van der Waals surface area contributed by atoms with Crippen molar-refractivity contribution in [1.82, 2.24) is 0 Å². The molecule has 0 saturated carbocycles. The Morgan fingerprint density at radius 2 is 1.40 bits per heavy atom. The van der Waals surface area contributed by atoms with E-state index in [9.17, 15) is 0 Å². The fourth-order valence-corrected chi connectivity index (χ4v) is 1.82. The molecule has 0 aromatic rings. The van der Waals surface area contributed by atoms with Crippen molar-refractivity contribution in [3.63, 3.8) is 0 Å². The molecule has 2 aliphatic rings. The fraction of sp³-hybridized carbons (Fsp3) is 0.600. The van der Waals surface area contributed by atoms with E-state index in [-0.39, 0.29) is 0 Å². The summed E-state index contributed by atoms with van der Waals surface area (Å²) in [5.74, 6) is 0. The van der Waals surface area contributed by atoms with Gasteiger partial charge in [0.2, 0.25) is 0 Å². The molecule has 0 aliphatic heterocycles. The number of hydrogen-bond acceptors (Lipinski definition) is 0. The summed E-state index contributed by atoms with van der Waals surface area (Å²) in [6.07, 6.45) is 15.7. The monoisotopic (exact) mass is 206 g/mol. The molecular weight excluding hydrogens is 180 g/mol. The maximum absolute atomic E-state index is 2.30. The van der Waals surface area contributed by atoms with Crippen molar-refractivity contribution in [2.75, 3.05) is 0 Å². The normalized spacial score (nSPS) is 17.9. The van der Waals surface area contributed by atoms with Gasteiger partial charge in [0.15, 0.2) is 0 Å². The van der Waals surface area contributed by atoms with Gasteiger partial charge in [0.05, 0.1) is 0 Å². The highest BCUT2D eigenvalue weighted by Crippen LogP contribution is 2.26. The van der Waals surface area contributed by atoms with Crippen molar-refractivity contribution < 1.29 is 0 Å². The number of hydrogen-bond donors (Lipinski definition) is 0. The third-order valence-electron chi connectivity index (χ3n) is 2.47. The van der Waals surface area contributed by atoms with Crippen LogP contribution in [0.25, 0.3) is 0 Å². The molecule has 0 spiro atoms. The van der Waals surface area contributed by atoms with Gasteiger partial charge < -0.3 is 0 Å². The average Bonchev–Trinajstić information content (AvgIpc) is 2.59. The van der Waals surface area contributed by atoms with E-state index in [1.807, 2.05) is 27.7 Å². The Morgan fingerprint density at radius 3 is 2.07 bits per heavy atom. The standard InChI is InChI=1S/C11H14.2C2H6/c1-2-6-10-8-4-5-9-11(10)7-3-1;2*1-2/h2,4,6,8H,1,3,5,7,9H2;2*1-2H3. The fourth-order valence-electron chi connectivity index (χ4n) is 1.82. The quantitative estimate of drug-likeness (QED) is 0.496. The molecule has 0 heterocycles. The van der Waals surface area contributed by atoms with Crippen LogP contribution >= 0.6 is 0 Å². The van der Waals surface area contributed by atoms with Crippen LogP contribution in [-0.4, -0.2) is 0 Å². The summed E-state index contributed by atoms with van der Waals surface area (Å²) in [5, 5.41) is 0. The first-order valence-electron chi connectivity index (χ1n) is 6.52. The topological polar surface area (TPSA) is 0 Å². The van der Waals surface area contributed by atoms with Crippen LogP contribution in [0.3, 0.4) is 0 Å². The van der Waals surface area contributed by atoms with Crippen LogP contribution in [0.1, 0.15) is 59.8 Å². The first-order chi connectivity index (χ1) is 7.47. The molecule has 0 aromatic carbocycles. The van der Waals surface area contributed by atoms with Gasteiger partial charge in [-0.2, -0.15) is 0 Å². The van der Waals surface area contributed by atoms with Gasteiger partial charge in [-0.05, 0) is 37.7 Å². The molecule has 0 unspecified atom stereocenters. The Hall–Kier alpha value is -0.780. The van der Waals surface area contributed by atoms with Gasteiger partial charge in [0, 0.05) is 0 Å². The predicted molar refractivity (Wildman–Crippen MR) is 71.1 cm³/mol. The highest BCUT2D eigenvalue weighted by molar-refractivity contribution is 5.39. The molecule has 0 fully saturated rings. The first kappa shape index (κ1) is 14.2. The summed E-state index contributed by atoms with van der Waals surface area (Å²) in [7, 11) is 0. The van der Waals surface area contributed by atoms with Crippen LogP contribution < -0.4 is 0 Å². The summed E-state index contributed by atoms with van der Waals surface area (Å²) < 4.78 is 0. The van der Waals surface area contributed by atoms with Crippen molar-refractivity contribution in [2.45, 2.75) is 59.8 Å². The van der Waals surface area contributed by atoms with E-state index in [1.165, 1.54) is 37.7 Å². The van der Waals surface area contributed by atoms with E-state index >= 15 is 0 Å². The highest BCUT2D eigenvalue weighted by atomic mass is 14.1. The minimum atomic E-state index is 1.26. The minimum Gasteiger partial charge on any atom is -0.0839 e. The Labute approximate surface area is 95.8 Å². The second-order valence-electron chi connectivity index (χ2n) is 3.29. The molecule has 0 nitrogen and oxygen atoms in total. The molecule has 0 bridgehead atoms. The lowest BCUT2D eigenvalue weighted by atomic mass is 9.95. The van der Waals surface area contributed by atoms with E-state index in [2.05, 4.69) is 24.3 Å². The van der Waals surface area contributed by atoms with Gasteiger partial charge in [-0.1, -0.05) is 57.6 Å². The van der Waals surface area contributed by atoms with Crippen LogP contribution in [0, 0.1) is 0 Å². The molecule has 0 radical (unpaired) electrons. The molecule has 0 saturated heterocycles. The largest absolute Gasteiger partial charge is 0.0839 e. The summed E-state index contributed by atoms with van der Waals surface area (Å²) >= 11 is 0. The second-order valence-corrected chi connectivity index (χ2v) is 3.29. The lowest BCUT2D eigenvalue weighted by Gasteiger charge is -2.10. The van der Waals surface area contributed by atoms with Gasteiger partial charge >= 0.3 is 0 Å². The van der Waals surface area contributed by atoms with Crippen molar-refractivity contribution in [1.29, 1.82) is 0 Å². The van der Waals surface area contributed by atoms with E-state index < -0.39 is 0 Å². The van der Waals surface area contributed by atoms with Crippen LogP contribution in [-0.2, 0) is 0 Å². The maximum Gasteiger partial charge on any atom is -0.0271 e. The molecule has 15 heavy (non-hydrogen) atoms.